The van der Waals surface area contributed by atoms with Gasteiger partial charge in [-0.25, -0.2) is 4.39 Å². The minimum absolute atomic E-state index is 0.132. The van der Waals surface area contributed by atoms with Crippen molar-refractivity contribution in [1.29, 1.82) is 0 Å². The number of hydrogen-bond donors (Lipinski definition) is 0. The largest absolute Gasteiger partial charge is 0.469 e. The summed E-state index contributed by atoms with van der Waals surface area (Å²) in [5.41, 5.74) is -0.746. The Kier molecular flexibility index (Phi) is 4.69. The van der Waals surface area contributed by atoms with Gasteiger partial charge in [0.05, 0.1) is 24.7 Å². The highest BCUT2D eigenvalue weighted by Gasteiger charge is 2.54. The summed E-state index contributed by atoms with van der Waals surface area (Å²) in [6.45, 7) is 8.05. The number of rotatable bonds is 3. The molecule has 3 unspecified atom stereocenters. The van der Waals surface area contributed by atoms with Crippen molar-refractivity contribution in [3.05, 3.63) is 0 Å². The fourth-order valence-corrected chi connectivity index (χ4v) is 3.10. The SMILES string of the molecule is COC(=O)CC1CC(B2OC(C)(C)C(C)(C)O2)CCC1F. The number of alkyl halides is 1. The molecular weight excluding hydrogens is 274 g/mol. The van der Waals surface area contributed by atoms with Crippen LogP contribution in [0.5, 0.6) is 0 Å². The van der Waals surface area contributed by atoms with E-state index in [-0.39, 0.29) is 42.4 Å². The van der Waals surface area contributed by atoms with Crippen LogP contribution < -0.4 is 0 Å². The van der Waals surface area contributed by atoms with Crippen LogP contribution in [0.25, 0.3) is 0 Å². The van der Waals surface area contributed by atoms with E-state index in [1.54, 1.807) is 0 Å². The predicted octanol–water partition coefficient (Wildman–Crippen LogP) is 3.15. The van der Waals surface area contributed by atoms with Crippen molar-refractivity contribution in [2.45, 2.75) is 76.6 Å². The summed E-state index contributed by atoms with van der Waals surface area (Å²) < 4.78 is 30.8. The number of hydrogen-bond acceptors (Lipinski definition) is 4. The Balaban J connectivity index is 2.00. The second-order valence-electron chi connectivity index (χ2n) is 7.25. The average molecular weight is 300 g/mol. The van der Waals surface area contributed by atoms with Gasteiger partial charge in [-0.05, 0) is 52.8 Å². The molecule has 1 saturated carbocycles. The molecule has 1 aliphatic heterocycles. The maximum absolute atomic E-state index is 14.0. The molecule has 2 rings (SSSR count). The summed E-state index contributed by atoms with van der Waals surface area (Å²) in [5, 5.41) is 0. The van der Waals surface area contributed by atoms with Gasteiger partial charge in [0.1, 0.15) is 6.17 Å². The average Bonchev–Trinajstić information content (AvgIpc) is 2.61. The molecule has 1 saturated heterocycles. The first-order chi connectivity index (χ1) is 9.66. The molecule has 0 aromatic heterocycles. The van der Waals surface area contributed by atoms with Gasteiger partial charge in [0.25, 0.3) is 0 Å². The third-order valence-electron chi connectivity index (χ3n) is 5.24. The molecule has 0 aromatic rings. The first-order valence-electron chi connectivity index (χ1n) is 7.73. The molecule has 21 heavy (non-hydrogen) atoms. The highest BCUT2D eigenvalue weighted by atomic mass is 19.1. The molecule has 1 heterocycles. The number of halogens is 1. The Morgan fingerprint density at radius 1 is 1.24 bits per heavy atom. The van der Waals surface area contributed by atoms with E-state index in [0.717, 1.165) is 6.42 Å². The minimum atomic E-state index is -0.942. The zero-order valence-corrected chi connectivity index (χ0v) is 13.6. The summed E-state index contributed by atoms with van der Waals surface area (Å²) in [7, 11) is 1.02. The molecule has 120 valence electrons. The molecule has 0 bridgehead atoms. The van der Waals surface area contributed by atoms with Crippen LogP contribution in [0.4, 0.5) is 4.39 Å². The van der Waals surface area contributed by atoms with Crippen LogP contribution in [-0.2, 0) is 18.8 Å². The smallest absolute Gasteiger partial charge is 0.461 e. The summed E-state index contributed by atoms with van der Waals surface area (Å²) in [6, 6.07) is 0. The Morgan fingerprint density at radius 2 is 1.81 bits per heavy atom. The van der Waals surface area contributed by atoms with Gasteiger partial charge in [-0.15, -0.1) is 0 Å². The Labute approximate surface area is 126 Å². The molecular formula is C15H26BFO4. The molecule has 2 fully saturated rings. The van der Waals surface area contributed by atoms with Crippen molar-refractivity contribution in [3.63, 3.8) is 0 Å². The second kappa shape index (κ2) is 5.88. The van der Waals surface area contributed by atoms with Crippen LogP contribution in [0.2, 0.25) is 5.82 Å². The van der Waals surface area contributed by atoms with Crippen molar-refractivity contribution in [1.82, 2.24) is 0 Å². The normalized spacial score (nSPS) is 34.8. The molecule has 0 N–H and O–H groups in total. The van der Waals surface area contributed by atoms with E-state index in [2.05, 4.69) is 4.74 Å². The zero-order chi connectivity index (χ0) is 15.8. The summed E-state index contributed by atoms with van der Waals surface area (Å²) in [6.07, 6.45) is 0.982. The minimum Gasteiger partial charge on any atom is -0.469 e. The molecule has 0 radical (unpaired) electrons. The molecule has 1 aliphatic carbocycles. The quantitative estimate of drug-likeness (QED) is 0.593. The predicted molar refractivity (Wildman–Crippen MR) is 78.7 cm³/mol. The van der Waals surface area contributed by atoms with E-state index < -0.39 is 6.17 Å². The van der Waals surface area contributed by atoms with Gasteiger partial charge < -0.3 is 14.0 Å². The van der Waals surface area contributed by atoms with Gasteiger partial charge in [-0.3, -0.25) is 4.79 Å². The lowest BCUT2D eigenvalue weighted by molar-refractivity contribution is -0.142. The van der Waals surface area contributed by atoms with Crippen molar-refractivity contribution in [3.8, 4) is 0 Å². The number of carbonyl (C=O) groups is 1. The molecule has 0 spiro atoms. The fraction of sp³-hybridized carbons (Fsp3) is 0.933. The lowest BCUT2D eigenvalue weighted by Gasteiger charge is -2.32. The van der Waals surface area contributed by atoms with Crippen molar-refractivity contribution in [2.75, 3.05) is 7.11 Å². The van der Waals surface area contributed by atoms with Crippen molar-refractivity contribution >= 4 is 13.1 Å². The van der Waals surface area contributed by atoms with Gasteiger partial charge in [-0.1, -0.05) is 0 Å². The summed E-state index contributed by atoms with van der Waals surface area (Å²) in [5.74, 6) is -0.514. The van der Waals surface area contributed by atoms with E-state index in [1.807, 2.05) is 27.7 Å². The molecule has 4 nitrogen and oxygen atoms in total. The molecule has 2 aliphatic rings. The summed E-state index contributed by atoms with van der Waals surface area (Å²) >= 11 is 0. The van der Waals surface area contributed by atoms with Gasteiger partial charge >= 0.3 is 13.1 Å². The van der Waals surface area contributed by atoms with E-state index in [4.69, 9.17) is 9.31 Å². The Bertz CT molecular complexity index is 383. The Morgan fingerprint density at radius 3 is 2.33 bits per heavy atom. The monoisotopic (exact) mass is 300 g/mol. The van der Waals surface area contributed by atoms with E-state index in [9.17, 15) is 9.18 Å². The molecule has 6 heteroatoms. The highest BCUT2D eigenvalue weighted by molar-refractivity contribution is 6.47. The van der Waals surface area contributed by atoms with Crippen LogP contribution in [-0.4, -0.2) is 37.6 Å². The van der Waals surface area contributed by atoms with Crippen molar-refractivity contribution in [2.24, 2.45) is 5.92 Å². The van der Waals surface area contributed by atoms with Gasteiger partial charge in [0, 0.05) is 5.92 Å². The Hall–Kier alpha value is -0.615. The fourth-order valence-electron chi connectivity index (χ4n) is 3.10. The molecule has 0 aromatic carbocycles. The zero-order valence-electron chi connectivity index (χ0n) is 13.6. The third-order valence-corrected chi connectivity index (χ3v) is 5.24. The van der Waals surface area contributed by atoms with Gasteiger partial charge in [-0.2, -0.15) is 0 Å². The van der Waals surface area contributed by atoms with E-state index in [1.165, 1.54) is 7.11 Å². The first-order valence-corrected chi connectivity index (χ1v) is 7.73. The highest BCUT2D eigenvalue weighted by Crippen LogP contribution is 2.46. The number of esters is 1. The molecule has 3 atom stereocenters. The maximum atomic E-state index is 14.0. The number of methoxy groups -OCH3 is 1. The second-order valence-corrected chi connectivity index (χ2v) is 7.25. The first kappa shape index (κ1) is 16.8. The van der Waals surface area contributed by atoms with Crippen LogP contribution >= 0.6 is 0 Å². The maximum Gasteiger partial charge on any atom is 0.461 e. The number of carbonyl (C=O) groups excluding carboxylic acids is 1. The van der Waals surface area contributed by atoms with Crippen molar-refractivity contribution < 1.29 is 23.2 Å². The standard InChI is InChI=1S/C15H26BFO4/c1-14(2)15(3,4)21-16(20-14)11-6-7-12(17)10(8-11)9-13(18)19-5/h10-12H,6-9H2,1-5H3. The lowest BCUT2D eigenvalue weighted by Crippen LogP contribution is -2.41. The van der Waals surface area contributed by atoms with Gasteiger partial charge in [0.2, 0.25) is 0 Å². The van der Waals surface area contributed by atoms with Crippen LogP contribution in [0.1, 0.15) is 53.4 Å². The van der Waals surface area contributed by atoms with E-state index in [0.29, 0.717) is 12.8 Å². The third kappa shape index (κ3) is 3.42. The number of ether oxygens (including phenoxy) is 1. The lowest BCUT2D eigenvalue weighted by atomic mass is 9.61. The van der Waals surface area contributed by atoms with Crippen LogP contribution in [0, 0.1) is 5.92 Å². The van der Waals surface area contributed by atoms with Crippen LogP contribution in [0.15, 0.2) is 0 Å². The summed E-state index contributed by atoms with van der Waals surface area (Å²) in [4.78, 5) is 11.4. The van der Waals surface area contributed by atoms with Gasteiger partial charge in [0.15, 0.2) is 0 Å². The molecule has 0 amide bonds. The van der Waals surface area contributed by atoms with E-state index >= 15 is 0 Å². The topological polar surface area (TPSA) is 44.8 Å². The van der Waals surface area contributed by atoms with Crippen LogP contribution in [0.3, 0.4) is 0 Å².